The molecular weight excluding hydrogens is 421 g/mol. The summed E-state index contributed by atoms with van der Waals surface area (Å²) in [4.78, 5) is 14.4. The van der Waals surface area contributed by atoms with Crippen molar-refractivity contribution in [2.24, 2.45) is 17.8 Å². The SMILES string of the molecule is CC(C)CC1(C)NC(=N)N(CC2CCC(C(=O)Nc3ccc(Cl)c(Cl)c3)CC2)C1=N. The third kappa shape index (κ3) is 5.09. The molecule has 0 bridgehead atoms. The van der Waals surface area contributed by atoms with Gasteiger partial charge in [-0.2, -0.15) is 0 Å². The van der Waals surface area contributed by atoms with Gasteiger partial charge in [0.25, 0.3) is 0 Å². The normalized spacial score (nSPS) is 26.8. The van der Waals surface area contributed by atoms with Gasteiger partial charge in [0.1, 0.15) is 5.84 Å². The topological polar surface area (TPSA) is 92.1 Å². The first-order valence-electron chi connectivity index (χ1n) is 10.6. The molecule has 1 saturated heterocycles. The third-order valence-electron chi connectivity index (χ3n) is 6.12. The second-order valence-electron chi connectivity index (χ2n) is 9.20. The van der Waals surface area contributed by atoms with Crippen LogP contribution in [-0.4, -0.2) is 34.7 Å². The number of anilines is 1. The number of hydrogen-bond donors (Lipinski definition) is 4. The van der Waals surface area contributed by atoms with Crippen LogP contribution in [0.3, 0.4) is 0 Å². The fourth-order valence-electron chi connectivity index (χ4n) is 4.63. The summed E-state index contributed by atoms with van der Waals surface area (Å²) < 4.78 is 0. The number of rotatable bonds is 6. The molecular formula is C22H31Cl2N5O. The zero-order chi connectivity index (χ0) is 22.1. The number of guanidine groups is 1. The number of nitrogens with zero attached hydrogens (tertiary/aromatic N) is 1. The summed E-state index contributed by atoms with van der Waals surface area (Å²) in [7, 11) is 0. The molecule has 1 amide bonds. The van der Waals surface area contributed by atoms with Crippen LogP contribution >= 0.6 is 23.2 Å². The molecule has 2 fully saturated rings. The fourth-order valence-corrected chi connectivity index (χ4v) is 4.93. The summed E-state index contributed by atoms with van der Waals surface area (Å²) in [5.74, 6) is 1.61. The van der Waals surface area contributed by atoms with Crippen molar-refractivity contribution in [3.8, 4) is 0 Å². The van der Waals surface area contributed by atoms with E-state index in [0.717, 1.165) is 32.1 Å². The van der Waals surface area contributed by atoms with Crippen molar-refractivity contribution >= 4 is 46.6 Å². The molecule has 1 heterocycles. The van der Waals surface area contributed by atoms with Crippen molar-refractivity contribution in [3.63, 3.8) is 0 Å². The summed E-state index contributed by atoms with van der Waals surface area (Å²) in [5.41, 5.74) is 0.188. The van der Waals surface area contributed by atoms with Crippen LogP contribution < -0.4 is 10.6 Å². The Balaban J connectivity index is 1.52. The van der Waals surface area contributed by atoms with Crippen LogP contribution in [0.5, 0.6) is 0 Å². The molecule has 8 heteroatoms. The monoisotopic (exact) mass is 451 g/mol. The van der Waals surface area contributed by atoms with E-state index < -0.39 is 5.54 Å². The van der Waals surface area contributed by atoms with Gasteiger partial charge < -0.3 is 10.6 Å². The second-order valence-corrected chi connectivity index (χ2v) is 10.0. The van der Waals surface area contributed by atoms with Crippen LogP contribution in [0.4, 0.5) is 5.69 Å². The van der Waals surface area contributed by atoms with Gasteiger partial charge in [-0.3, -0.25) is 20.5 Å². The van der Waals surface area contributed by atoms with Crippen molar-refractivity contribution in [2.75, 3.05) is 11.9 Å². The van der Waals surface area contributed by atoms with E-state index in [0.29, 0.717) is 45.9 Å². The van der Waals surface area contributed by atoms with Crippen LogP contribution in [0.25, 0.3) is 0 Å². The van der Waals surface area contributed by atoms with Gasteiger partial charge in [0.2, 0.25) is 5.91 Å². The van der Waals surface area contributed by atoms with Crippen LogP contribution in [-0.2, 0) is 4.79 Å². The molecule has 0 spiro atoms. The van der Waals surface area contributed by atoms with E-state index in [1.807, 2.05) is 11.8 Å². The number of amides is 1. The minimum atomic E-state index is -0.470. The maximum atomic E-state index is 12.6. The number of amidine groups is 1. The van der Waals surface area contributed by atoms with Crippen molar-refractivity contribution in [1.82, 2.24) is 10.2 Å². The first-order chi connectivity index (χ1) is 14.1. The van der Waals surface area contributed by atoms with Crippen molar-refractivity contribution < 1.29 is 4.79 Å². The van der Waals surface area contributed by atoms with Crippen molar-refractivity contribution in [2.45, 2.75) is 58.4 Å². The first-order valence-corrected chi connectivity index (χ1v) is 11.3. The molecule has 4 N–H and O–H groups in total. The van der Waals surface area contributed by atoms with Gasteiger partial charge in [0.05, 0.1) is 15.6 Å². The van der Waals surface area contributed by atoms with E-state index in [2.05, 4.69) is 24.5 Å². The smallest absolute Gasteiger partial charge is 0.227 e. The predicted molar refractivity (Wildman–Crippen MR) is 124 cm³/mol. The van der Waals surface area contributed by atoms with Crippen molar-refractivity contribution in [3.05, 3.63) is 28.2 Å². The Labute approximate surface area is 188 Å². The maximum absolute atomic E-state index is 12.6. The molecule has 1 aromatic rings. The third-order valence-corrected chi connectivity index (χ3v) is 6.86. The lowest BCUT2D eigenvalue weighted by molar-refractivity contribution is -0.121. The van der Waals surface area contributed by atoms with E-state index in [1.54, 1.807) is 18.2 Å². The highest BCUT2D eigenvalue weighted by atomic mass is 35.5. The molecule has 1 aliphatic heterocycles. The zero-order valence-electron chi connectivity index (χ0n) is 17.8. The number of halogens is 2. The second kappa shape index (κ2) is 9.15. The van der Waals surface area contributed by atoms with Gasteiger partial charge in [-0.05, 0) is 69.1 Å². The molecule has 1 saturated carbocycles. The Hall–Kier alpha value is -1.79. The highest BCUT2D eigenvalue weighted by Gasteiger charge is 2.43. The lowest BCUT2D eigenvalue weighted by Crippen LogP contribution is -2.45. The molecule has 2 aliphatic rings. The molecule has 0 aromatic heterocycles. The van der Waals surface area contributed by atoms with E-state index in [4.69, 9.17) is 34.0 Å². The molecule has 6 nitrogen and oxygen atoms in total. The quantitative estimate of drug-likeness (QED) is 0.468. The van der Waals surface area contributed by atoms with Crippen LogP contribution in [0.2, 0.25) is 10.0 Å². The first kappa shape index (κ1) is 22.9. The average Bonchev–Trinajstić information content (AvgIpc) is 2.87. The minimum Gasteiger partial charge on any atom is -0.344 e. The highest BCUT2D eigenvalue weighted by molar-refractivity contribution is 6.42. The zero-order valence-corrected chi connectivity index (χ0v) is 19.3. The molecule has 0 radical (unpaired) electrons. The fraction of sp³-hybridized carbons (Fsp3) is 0.591. The summed E-state index contributed by atoms with van der Waals surface area (Å²) in [6.45, 7) is 6.95. The standard InChI is InChI=1S/C22H31Cl2N5O/c1-13(2)11-22(3)20(25)29(21(26)28-22)12-14-4-6-15(7-5-14)19(30)27-16-8-9-17(23)18(24)10-16/h8-10,13-15,25H,4-7,11-12H2,1-3H3,(H2,26,28)(H,27,30). The molecule has 1 atom stereocenters. The molecule has 1 aliphatic carbocycles. The summed E-state index contributed by atoms with van der Waals surface area (Å²) >= 11 is 12.0. The maximum Gasteiger partial charge on any atom is 0.227 e. The van der Waals surface area contributed by atoms with Crippen molar-refractivity contribution in [1.29, 1.82) is 10.8 Å². The lowest BCUT2D eigenvalue weighted by atomic mass is 9.81. The summed E-state index contributed by atoms with van der Waals surface area (Å²) in [6.07, 6.45) is 4.27. The van der Waals surface area contributed by atoms with Gasteiger partial charge >= 0.3 is 0 Å². The summed E-state index contributed by atoms with van der Waals surface area (Å²) in [6, 6.07) is 5.10. The number of benzene rings is 1. The van der Waals surface area contributed by atoms with E-state index in [-0.39, 0.29) is 11.8 Å². The van der Waals surface area contributed by atoms with Gasteiger partial charge in [-0.25, -0.2) is 0 Å². The number of carbonyl (C=O) groups is 1. The molecule has 1 aromatic carbocycles. The minimum absolute atomic E-state index is 0.0136. The predicted octanol–water partition coefficient (Wildman–Crippen LogP) is 5.36. The Morgan fingerprint density at radius 2 is 1.90 bits per heavy atom. The van der Waals surface area contributed by atoms with E-state index in [1.165, 1.54) is 0 Å². The highest BCUT2D eigenvalue weighted by Crippen LogP contribution is 2.33. The Morgan fingerprint density at radius 3 is 2.50 bits per heavy atom. The van der Waals surface area contributed by atoms with Gasteiger partial charge in [-0.15, -0.1) is 0 Å². The van der Waals surface area contributed by atoms with Crippen LogP contribution in [0, 0.1) is 28.6 Å². The van der Waals surface area contributed by atoms with Crippen LogP contribution in [0.1, 0.15) is 52.9 Å². The summed E-state index contributed by atoms with van der Waals surface area (Å²) in [5, 5.41) is 24.0. The largest absolute Gasteiger partial charge is 0.344 e. The number of nitrogens with one attached hydrogen (secondary N) is 4. The molecule has 3 rings (SSSR count). The Kier molecular flexibility index (Phi) is 6.98. The Bertz CT molecular complexity index is 835. The van der Waals surface area contributed by atoms with Gasteiger partial charge in [0.15, 0.2) is 5.96 Å². The number of carbonyl (C=O) groups excluding carboxylic acids is 1. The van der Waals surface area contributed by atoms with Crippen LogP contribution in [0.15, 0.2) is 18.2 Å². The van der Waals surface area contributed by atoms with Gasteiger partial charge in [-0.1, -0.05) is 37.0 Å². The molecule has 1 unspecified atom stereocenters. The molecule has 164 valence electrons. The molecule has 30 heavy (non-hydrogen) atoms. The van der Waals surface area contributed by atoms with Gasteiger partial charge in [0, 0.05) is 18.2 Å². The number of hydrogen-bond acceptors (Lipinski definition) is 3. The average molecular weight is 452 g/mol. The Morgan fingerprint density at radius 1 is 1.23 bits per heavy atom. The lowest BCUT2D eigenvalue weighted by Gasteiger charge is -2.32. The van der Waals surface area contributed by atoms with E-state index in [9.17, 15) is 4.79 Å². The van der Waals surface area contributed by atoms with E-state index >= 15 is 0 Å².